The van der Waals surface area contributed by atoms with Gasteiger partial charge in [-0.05, 0) is 31.0 Å². The number of nitro benzene ring substituents is 1. The minimum Gasteiger partial charge on any atom is -0.490 e. The molecule has 0 bridgehead atoms. The Kier molecular flexibility index (Phi) is 4.70. The Bertz CT molecular complexity index is 444. The van der Waals surface area contributed by atoms with E-state index >= 15 is 0 Å². The summed E-state index contributed by atoms with van der Waals surface area (Å²) in [5, 5.41) is 14.2. The lowest BCUT2D eigenvalue weighted by Gasteiger charge is -2.23. The summed E-state index contributed by atoms with van der Waals surface area (Å²) in [6.07, 6.45) is 2.33. The highest BCUT2D eigenvalue weighted by molar-refractivity contribution is 5.48. The Labute approximate surface area is 111 Å². The molecule has 6 nitrogen and oxygen atoms in total. The molecule has 2 rings (SSSR count). The smallest absolute Gasteiger partial charge is 0.311 e. The van der Waals surface area contributed by atoms with Crippen LogP contribution in [0, 0.1) is 10.1 Å². The van der Waals surface area contributed by atoms with Crippen LogP contribution < -0.4 is 10.1 Å². The predicted octanol–water partition coefficient (Wildman–Crippen LogP) is 1.87. The molecule has 0 aromatic heterocycles. The topological polar surface area (TPSA) is 73.6 Å². The first kappa shape index (κ1) is 13.8. The van der Waals surface area contributed by atoms with E-state index in [1.54, 1.807) is 12.1 Å². The highest BCUT2D eigenvalue weighted by atomic mass is 16.6. The lowest BCUT2D eigenvalue weighted by atomic mass is 10.1. The van der Waals surface area contributed by atoms with Crippen molar-refractivity contribution in [2.45, 2.75) is 25.6 Å². The Morgan fingerprint density at radius 1 is 1.53 bits per heavy atom. The zero-order valence-corrected chi connectivity index (χ0v) is 10.9. The molecule has 0 spiro atoms. The SMILES string of the molecule is COc1ccc(COC2CCCNC2)cc1[N+](=O)[O-]. The van der Waals surface area contributed by atoms with Gasteiger partial charge in [0.2, 0.25) is 0 Å². The van der Waals surface area contributed by atoms with E-state index in [-0.39, 0.29) is 17.5 Å². The second-order valence-corrected chi connectivity index (χ2v) is 4.54. The number of methoxy groups -OCH3 is 1. The van der Waals surface area contributed by atoms with Crippen LogP contribution >= 0.6 is 0 Å². The van der Waals surface area contributed by atoms with Crippen molar-refractivity contribution in [3.63, 3.8) is 0 Å². The molecule has 0 radical (unpaired) electrons. The maximum atomic E-state index is 10.9. The zero-order valence-electron chi connectivity index (χ0n) is 10.9. The Balaban J connectivity index is 2.00. The van der Waals surface area contributed by atoms with Crippen molar-refractivity contribution >= 4 is 5.69 Å². The van der Waals surface area contributed by atoms with Gasteiger partial charge in [0.05, 0.1) is 24.7 Å². The minimum absolute atomic E-state index is 0.0228. The average Bonchev–Trinajstić information content (AvgIpc) is 2.46. The summed E-state index contributed by atoms with van der Waals surface area (Å²) in [6, 6.07) is 4.91. The Morgan fingerprint density at radius 2 is 2.37 bits per heavy atom. The van der Waals surface area contributed by atoms with Crippen molar-refractivity contribution < 1.29 is 14.4 Å². The van der Waals surface area contributed by atoms with Gasteiger partial charge < -0.3 is 14.8 Å². The molecule has 1 aromatic carbocycles. The number of rotatable bonds is 5. The summed E-state index contributed by atoms with van der Waals surface area (Å²) < 4.78 is 10.7. The molecule has 0 saturated carbocycles. The molecule has 6 heteroatoms. The van der Waals surface area contributed by atoms with Crippen LogP contribution in [0.1, 0.15) is 18.4 Å². The summed E-state index contributed by atoms with van der Waals surface area (Å²) >= 11 is 0. The van der Waals surface area contributed by atoms with Gasteiger partial charge in [0.25, 0.3) is 0 Å². The van der Waals surface area contributed by atoms with Gasteiger partial charge in [-0.2, -0.15) is 0 Å². The van der Waals surface area contributed by atoms with Crippen molar-refractivity contribution in [2.24, 2.45) is 0 Å². The van der Waals surface area contributed by atoms with E-state index in [9.17, 15) is 10.1 Å². The van der Waals surface area contributed by atoms with Crippen LogP contribution in [0.2, 0.25) is 0 Å². The molecule has 0 amide bonds. The fourth-order valence-electron chi connectivity index (χ4n) is 2.14. The van der Waals surface area contributed by atoms with Gasteiger partial charge in [0, 0.05) is 12.6 Å². The van der Waals surface area contributed by atoms with Crippen molar-refractivity contribution in [3.8, 4) is 5.75 Å². The highest BCUT2D eigenvalue weighted by Gasteiger charge is 2.17. The number of piperidine rings is 1. The van der Waals surface area contributed by atoms with Crippen molar-refractivity contribution in [3.05, 3.63) is 33.9 Å². The minimum atomic E-state index is -0.440. The van der Waals surface area contributed by atoms with Crippen LogP contribution in [-0.2, 0) is 11.3 Å². The maximum Gasteiger partial charge on any atom is 0.311 e. The van der Waals surface area contributed by atoms with Gasteiger partial charge in [-0.1, -0.05) is 6.07 Å². The molecule has 1 aliphatic heterocycles. The Morgan fingerprint density at radius 3 is 3.00 bits per heavy atom. The van der Waals surface area contributed by atoms with Crippen LogP contribution in [0.5, 0.6) is 5.75 Å². The first-order valence-electron chi connectivity index (χ1n) is 6.34. The summed E-state index contributed by atoms with van der Waals surface area (Å²) in [7, 11) is 1.42. The number of nitrogens with zero attached hydrogens (tertiary/aromatic N) is 1. The molecule has 1 unspecified atom stereocenters. The van der Waals surface area contributed by atoms with Gasteiger partial charge in [-0.25, -0.2) is 0 Å². The second kappa shape index (κ2) is 6.49. The van der Waals surface area contributed by atoms with E-state index in [4.69, 9.17) is 9.47 Å². The first-order chi connectivity index (χ1) is 9.20. The lowest BCUT2D eigenvalue weighted by molar-refractivity contribution is -0.385. The van der Waals surface area contributed by atoms with E-state index in [2.05, 4.69) is 5.32 Å². The number of nitrogens with one attached hydrogen (secondary N) is 1. The number of benzene rings is 1. The fourth-order valence-corrected chi connectivity index (χ4v) is 2.14. The van der Waals surface area contributed by atoms with Crippen LogP contribution in [0.3, 0.4) is 0 Å². The largest absolute Gasteiger partial charge is 0.490 e. The zero-order chi connectivity index (χ0) is 13.7. The summed E-state index contributed by atoms with van der Waals surface area (Å²) in [5.41, 5.74) is 0.767. The number of nitro groups is 1. The van der Waals surface area contributed by atoms with Gasteiger partial charge in [0.15, 0.2) is 5.75 Å². The molecule has 104 valence electrons. The van der Waals surface area contributed by atoms with Crippen LogP contribution in [0.25, 0.3) is 0 Å². The number of ether oxygens (including phenoxy) is 2. The van der Waals surface area contributed by atoms with Crippen LogP contribution in [-0.4, -0.2) is 31.2 Å². The van der Waals surface area contributed by atoms with Gasteiger partial charge in [-0.15, -0.1) is 0 Å². The highest BCUT2D eigenvalue weighted by Crippen LogP contribution is 2.28. The third-order valence-corrected chi connectivity index (χ3v) is 3.18. The molecule has 1 heterocycles. The molecule has 1 N–H and O–H groups in total. The van der Waals surface area contributed by atoms with Crippen molar-refractivity contribution in [2.75, 3.05) is 20.2 Å². The Hall–Kier alpha value is -1.66. The van der Waals surface area contributed by atoms with Crippen LogP contribution in [0.4, 0.5) is 5.69 Å². The van der Waals surface area contributed by atoms with E-state index in [0.29, 0.717) is 6.61 Å². The maximum absolute atomic E-state index is 10.9. The first-order valence-corrected chi connectivity index (χ1v) is 6.34. The van der Waals surface area contributed by atoms with Crippen molar-refractivity contribution in [1.82, 2.24) is 5.32 Å². The summed E-state index contributed by atoms with van der Waals surface area (Å²) in [4.78, 5) is 10.5. The van der Waals surface area contributed by atoms with E-state index in [0.717, 1.165) is 31.5 Å². The van der Waals surface area contributed by atoms with E-state index < -0.39 is 4.92 Å². The third-order valence-electron chi connectivity index (χ3n) is 3.18. The second-order valence-electron chi connectivity index (χ2n) is 4.54. The monoisotopic (exact) mass is 266 g/mol. The third kappa shape index (κ3) is 3.65. The summed E-state index contributed by atoms with van der Waals surface area (Å²) in [5.74, 6) is 0.271. The molecule has 1 saturated heterocycles. The molecular formula is C13H18N2O4. The number of hydrogen-bond acceptors (Lipinski definition) is 5. The molecule has 19 heavy (non-hydrogen) atoms. The predicted molar refractivity (Wildman–Crippen MR) is 70.3 cm³/mol. The number of hydrogen-bond donors (Lipinski definition) is 1. The molecule has 1 fully saturated rings. The quantitative estimate of drug-likeness (QED) is 0.650. The van der Waals surface area contributed by atoms with E-state index in [1.807, 2.05) is 0 Å². The average molecular weight is 266 g/mol. The molecule has 1 aliphatic rings. The standard InChI is InChI=1S/C13H18N2O4/c1-18-13-5-4-10(7-12(13)15(16)17)9-19-11-3-2-6-14-8-11/h4-5,7,11,14H,2-3,6,8-9H2,1H3. The van der Waals surface area contributed by atoms with Crippen molar-refractivity contribution in [1.29, 1.82) is 0 Å². The lowest BCUT2D eigenvalue weighted by Crippen LogP contribution is -2.35. The molecule has 1 atom stereocenters. The molecule has 0 aliphatic carbocycles. The normalized spacial score (nSPS) is 19.1. The molecular weight excluding hydrogens is 248 g/mol. The van der Waals surface area contributed by atoms with Gasteiger partial charge in [-0.3, -0.25) is 10.1 Å². The van der Waals surface area contributed by atoms with Crippen LogP contribution in [0.15, 0.2) is 18.2 Å². The van der Waals surface area contributed by atoms with Gasteiger partial charge in [0.1, 0.15) is 0 Å². The fraction of sp³-hybridized carbons (Fsp3) is 0.538. The molecule has 1 aromatic rings. The van der Waals surface area contributed by atoms with Gasteiger partial charge >= 0.3 is 5.69 Å². The van der Waals surface area contributed by atoms with E-state index in [1.165, 1.54) is 13.2 Å². The summed E-state index contributed by atoms with van der Waals surface area (Å²) in [6.45, 7) is 2.27.